The largest absolute Gasteiger partial charge is 0.480 e. The van der Waals surface area contributed by atoms with Gasteiger partial charge in [0, 0.05) is 37.4 Å². The standard InChI is InChI=1S/C17H22Cl2N4O5/c1-8-12(18)13(19)14(20-8)15(24)21-9-2-4-22(5-3-9)10-6-11(16(25)26)23(7-10)17(27)28/h9-11,20H,2-7H2,1H3,(H,21,24)(H,25,26)(H,27,28)/t10?,11-/m0/s1. The molecular weight excluding hydrogens is 411 g/mol. The molecule has 2 fully saturated rings. The van der Waals surface area contributed by atoms with Crippen LogP contribution in [-0.4, -0.2) is 80.7 Å². The number of rotatable bonds is 4. The van der Waals surface area contributed by atoms with E-state index in [-0.39, 0.29) is 41.7 Å². The number of H-pyrrole nitrogens is 1. The molecule has 0 radical (unpaired) electrons. The number of halogens is 2. The van der Waals surface area contributed by atoms with E-state index >= 15 is 0 Å². The lowest BCUT2D eigenvalue weighted by Gasteiger charge is -2.36. The molecule has 0 spiro atoms. The van der Waals surface area contributed by atoms with Gasteiger partial charge in [0.2, 0.25) is 0 Å². The maximum absolute atomic E-state index is 12.4. The Labute approximate surface area is 171 Å². The first-order valence-electron chi connectivity index (χ1n) is 8.99. The summed E-state index contributed by atoms with van der Waals surface area (Å²) in [6.45, 7) is 3.20. The fourth-order valence-electron chi connectivity index (χ4n) is 3.92. The Morgan fingerprint density at radius 3 is 2.25 bits per heavy atom. The molecule has 2 amide bonds. The number of carboxylic acid groups (broad SMARTS) is 2. The van der Waals surface area contributed by atoms with Gasteiger partial charge in [-0.2, -0.15) is 0 Å². The molecule has 1 aromatic heterocycles. The average Bonchev–Trinajstić information content (AvgIpc) is 3.20. The van der Waals surface area contributed by atoms with Gasteiger partial charge in [-0.25, -0.2) is 9.59 Å². The number of nitrogens with one attached hydrogen (secondary N) is 2. The first-order chi connectivity index (χ1) is 13.2. The summed E-state index contributed by atoms with van der Waals surface area (Å²) in [7, 11) is 0. The lowest BCUT2D eigenvalue weighted by molar-refractivity contribution is -0.141. The van der Waals surface area contributed by atoms with Crippen LogP contribution >= 0.6 is 23.2 Å². The van der Waals surface area contributed by atoms with Gasteiger partial charge in [-0.3, -0.25) is 14.6 Å². The van der Waals surface area contributed by atoms with Crippen molar-refractivity contribution in [3.63, 3.8) is 0 Å². The van der Waals surface area contributed by atoms with Crippen LogP contribution in [0.5, 0.6) is 0 Å². The highest BCUT2D eigenvalue weighted by molar-refractivity contribution is 6.44. The molecule has 0 aliphatic carbocycles. The van der Waals surface area contributed by atoms with Gasteiger partial charge in [0.05, 0.1) is 10.0 Å². The number of aromatic amines is 1. The van der Waals surface area contributed by atoms with Gasteiger partial charge in [-0.1, -0.05) is 23.2 Å². The van der Waals surface area contributed by atoms with E-state index in [2.05, 4.69) is 15.2 Å². The highest BCUT2D eigenvalue weighted by atomic mass is 35.5. The van der Waals surface area contributed by atoms with E-state index in [1.54, 1.807) is 6.92 Å². The fraction of sp³-hybridized carbons (Fsp3) is 0.588. The molecule has 2 aliphatic rings. The molecule has 154 valence electrons. The molecule has 1 aromatic rings. The van der Waals surface area contributed by atoms with Gasteiger partial charge in [-0.05, 0) is 26.2 Å². The Hall–Kier alpha value is -1.97. The highest BCUT2D eigenvalue weighted by Gasteiger charge is 2.42. The Morgan fingerprint density at radius 2 is 1.79 bits per heavy atom. The van der Waals surface area contributed by atoms with Crippen molar-refractivity contribution >= 4 is 41.2 Å². The van der Waals surface area contributed by atoms with Gasteiger partial charge in [0.1, 0.15) is 11.7 Å². The third-order valence-electron chi connectivity index (χ3n) is 5.47. The lowest BCUT2D eigenvalue weighted by atomic mass is 10.0. The van der Waals surface area contributed by atoms with Gasteiger partial charge in [0.25, 0.3) is 5.91 Å². The molecule has 1 unspecified atom stereocenters. The van der Waals surface area contributed by atoms with Gasteiger partial charge < -0.3 is 20.5 Å². The van der Waals surface area contributed by atoms with E-state index in [0.717, 1.165) is 4.90 Å². The number of hydrogen-bond acceptors (Lipinski definition) is 4. The van der Waals surface area contributed by atoms with Crippen molar-refractivity contribution in [2.45, 2.75) is 44.3 Å². The van der Waals surface area contributed by atoms with Crippen LogP contribution < -0.4 is 5.32 Å². The molecule has 0 saturated carbocycles. The van der Waals surface area contributed by atoms with Crippen LogP contribution in [0.15, 0.2) is 0 Å². The van der Waals surface area contributed by atoms with Crippen molar-refractivity contribution in [3.8, 4) is 0 Å². The zero-order valence-electron chi connectivity index (χ0n) is 15.2. The van der Waals surface area contributed by atoms with E-state index in [0.29, 0.717) is 36.6 Å². The Bertz CT molecular complexity index is 769. The van der Waals surface area contributed by atoms with Crippen LogP contribution in [0.3, 0.4) is 0 Å². The van der Waals surface area contributed by atoms with Crippen LogP contribution in [0.4, 0.5) is 4.79 Å². The van der Waals surface area contributed by atoms with Crippen molar-refractivity contribution in [3.05, 3.63) is 21.4 Å². The molecule has 0 aromatic carbocycles. The number of amides is 2. The number of carboxylic acids is 1. The quantitative estimate of drug-likeness (QED) is 0.576. The number of carbonyl (C=O) groups is 3. The summed E-state index contributed by atoms with van der Waals surface area (Å²) in [5, 5.41) is 21.9. The van der Waals surface area contributed by atoms with Crippen LogP contribution in [0.1, 0.15) is 35.4 Å². The second-order valence-electron chi connectivity index (χ2n) is 7.22. The summed E-state index contributed by atoms with van der Waals surface area (Å²) in [4.78, 5) is 41.0. The zero-order chi connectivity index (χ0) is 20.6. The van der Waals surface area contributed by atoms with E-state index in [1.165, 1.54) is 0 Å². The molecule has 9 nitrogen and oxygen atoms in total. The fourth-order valence-corrected chi connectivity index (χ4v) is 4.33. The van der Waals surface area contributed by atoms with Crippen molar-refractivity contribution in [2.24, 2.45) is 0 Å². The molecule has 28 heavy (non-hydrogen) atoms. The Balaban J connectivity index is 1.55. The number of likely N-dealkylation sites (tertiary alicyclic amines) is 2. The number of aliphatic carboxylic acids is 1. The summed E-state index contributed by atoms with van der Waals surface area (Å²) in [5.74, 6) is -1.44. The monoisotopic (exact) mass is 432 g/mol. The number of aryl methyl sites for hydroxylation is 1. The van der Waals surface area contributed by atoms with Crippen molar-refractivity contribution < 1.29 is 24.6 Å². The molecule has 2 aliphatic heterocycles. The van der Waals surface area contributed by atoms with Gasteiger partial charge >= 0.3 is 12.1 Å². The number of aromatic nitrogens is 1. The van der Waals surface area contributed by atoms with Crippen LogP contribution in [0, 0.1) is 6.92 Å². The SMILES string of the molecule is Cc1[nH]c(C(=O)NC2CCN(C3C[C@@H](C(=O)O)N(C(=O)O)C3)CC2)c(Cl)c1Cl. The normalized spacial score (nSPS) is 23.8. The van der Waals surface area contributed by atoms with E-state index in [9.17, 15) is 24.6 Å². The summed E-state index contributed by atoms with van der Waals surface area (Å²) >= 11 is 12.1. The minimum Gasteiger partial charge on any atom is -0.480 e. The molecule has 2 atom stereocenters. The molecule has 2 saturated heterocycles. The first kappa shape index (κ1) is 20.8. The maximum atomic E-state index is 12.4. The molecule has 3 heterocycles. The number of carbonyl (C=O) groups excluding carboxylic acids is 1. The topological polar surface area (TPSA) is 126 Å². The number of nitrogens with zero attached hydrogens (tertiary/aromatic N) is 2. The average molecular weight is 433 g/mol. The minimum absolute atomic E-state index is 0.0468. The van der Waals surface area contributed by atoms with E-state index in [1.807, 2.05) is 0 Å². The summed E-state index contributed by atoms with van der Waals surface area (Å²) in [6, 6.07) is -1.19. The molecular formula is C17H22Cl2N4O5. The van der Waals surface area contributed by atoms with E-state index < -0.39 is 18.1 Å². The Morgan fingerprint density at radius 1 is 1.14 bits per heavy atom. The van der Waals surface area contributed by atoms with Crippen molar-refractivity contribution in [1.82, 2.24) is 20.1 Å². The summed E-state index contributed by atoms with van der Waals surface area (Å²) < 4.78 is 0. The predicted octanol–water partition coefficient (Wildman–Crippen LogP) is 2.03. The van der Waals surface area contributed by atoms with Crippen LogP contribution in [0.2, 0.25) is 10.0 Å². The minimum atomic E-state index is -1.21. The molecule has 3 rings (SSSR count). The number of piperidine rings is 1. The molecule has 11 heteroatoms. The summed E-state index contributed by atoms with van der Waals surface area (Å²) in [5.41, 5.74) is 0.868. The maximum Gasteiger partial charge on any atom is 0.408 e. The summed E-state index contributed by atoms with van der Waals surface area (Å²) in [6.07, 6.45) is 0.416. The highest BCUT2D eigenvalue weighted by Crippen LogP contribution is 2.29. The third-order valence-corrected chi connectivity index (χ3v) is 6.42. The molecule has 0 bridgehead atoms. The number of hydrogen-bond donors (Lipinski definition) is 4. The smallest absolute Gasteiger partial charge is 0.408 e. The first-order valence-corrected chi connectivity index (χ1v) is 9.75. The molecule has 4 N–H and O–H groups in total. The third kappa shape index (κ3) is 4.06. The van der Waals surface area contributed by atoms with Crippen LogP contribution in [-0.2, 0) is 4.79 Å². The van der Waals surface area contributed by atoms with E-state index in [4.69, 9.17) is 23.2 Å². The van der Waals surface area contributed by atoms with Crippen LogP contribution in [0.25, 0.3) is 0 Å². The van der Waals surface area contributed by atoms with Gasteiger partial charge in [-0.15, -0.1) is 0 Å². The van der Waals surface area contributed by atoms with Gasteiger partial charge in [0.15, 0.2) is 0 Å². The second kappa shape index (κ2) is 8.18. The second-order valence-corrected chi connectivity index (χ2v) is 7.97. The van der Waals surface area contributed by atoms with Crippen molar-refractivity contribution in [2.75, 3.05) is 19.6 Å². The Kier molecular flexibility index (Phi) is 6.07. The predicted molar refractivity (Wildman–Crippen MR) is 102 cm³/mol. The lowest BCUT2D eigenvalue weighted by Crippen LogP contribution is -2.48. The zero-order valence-corrected chi connectivity index (χ0v) is 16.8. The van der Waals surface area contributed by atoms with Crippen molar-refractivity contribution in [1.29, 1.82) is 0 Å².